The minimum absolute atomic E-state index is 0.00613. The van der Waals surface area contributed by atoms with Gasteiger partial charge in [-0.3, -0.25) is 4.79 Å². The Morgan fingerprint density at radius 1 is 1.12 bits per heavy atom. The normalized spacial score (nSPS) is 10.3. The maximum Gasteiger partial charge on any atom is 0.182 e. The first kappa shape index (κ1) is 11.5. The molecule has 88 valence electrons. The third kappa shape index (κ3) is 2.23. The predicted octanol–water partition coefficient (Wildman–Crippen LogP) is 2.67. The van der Waals surface area contributed by atoms with E-state index in [-0.39, 0.29) is 5.43 Å². The molecule has 0 radical (unpaired) electrons. The summed E-state index contributed by atoms with van der Waals surface area (Å²) in [5.41, 5.74) is 4.00. The minimum Gasteiger partial charge on any atom is -0.496 e. The number of hydrogen-bond acceptors (Lipinski definition) is 2. The number of rotatable bonds is 2. The van der Waals surface area contributed by atoms with Crippen molar-refractivity contribution in [2.24, 2.45) is 0 Å². The molecule has 0 spiro atoms. The highest BCUT2D eigenvalue weighted by Gasteiger charge is 2.07. The summed E-state index contributed by atoms with van der Waals surface area (Å²) in [5, 5.41) is 0. The zero-order valence-electron chi connectivity index (χ0n) is 10.2. The van der Waals surface area contributed by atoms with Crippen LogP contribution < -0.4 is 10.2 Å². The lowest BCUT2D eigenvalue weighted by molar-refractivity contribution is 0.411. The average Bonchev–Trinajstić information content (AvgIpc) is 2.31. The molecule has 1 heterocycles. The molecule has 2 aromatic rings. The first-order valence-corrected chi connectivity index (χ1v) is 5.46. The second-order valence-electron chi connectivity index (χ2n) is 4.07. The van der Waals surface area contributed by atoms with Crippen LogP contribution in [0.2, 0.25) is 0 Å². The molecule has 2 rings (SSSR count). The summed E-state index contributed by atoms with van der Waals surface area (Å²) < 4.78 is 5.27. The molecule has 0 saturated heterocycles. The Morgan fingerprint density at radius 2 is 1.88 bits per heavy atom. The van der Waals surface area contributed by atoms with Gasteiger partial charge in [0.05, 0.1) is 7.11 Å². The molecule has 17 heavy (non-hydrogen) atoms. The monoisotopic (exact) mass is 229 g/mol. The van der Waals surface area contributed by atoms with Crippen molar-refractivity contribution < 1.29 is 4.74 Å². The first-order valence-electron chi connectivity index (χ1n) is 5.46. The second-order valence-corrected chi connectivity index (χ2v) is 4.07. The smallest absolute Gasteiger partial charge is 0.182 e. The number of aromatic nitrogens is 1. The number of H-pyrrole nitrogens is 1. The third-order valence-corrected chi connectivity index (χ3v) is 2.81. The van der Waals surface area contributed by atoms with Gasteiger partial charge in [0, 0.05) is 29.6 Å². The van der Waals surface area contributed by atoms with Crippen molar-refractivity contribution in [1.82, 2.24) is 4.98 Å². The lowest BCUT2D eigenvalue weighted by Gasteiger charge is -2.11. The molecule has 0 amide bonds. The van der Waals surface area contributed by atoms with Crippen LogP contribution >= 0.6 is 0 Å². The summed E-state index contributed by atoms with van der Waals surface area (Å²) in [4.78, 5) is 14.4. The van der Waals surface area contributed by atoms with Crippen LogP contribution in [0.3, 0.4) is 0 Å². The van der Waals surface area contributed by atoms with Crippen LogP contribution in [0.1, 0.15) is 11.1 Å². The van der Waals surface area contributed by atoms with Gasteiger partial charge in [-0.2, -0.15) is 0 Å². The van der Waals surface area contributed by atoms with Crippen LogP contribution in [-0.2, 0) is 0 Å². The van der Waals surface area contributed by atoms with Crippen LogP contribution in [0.4, 0.5) is 0 Å². The fourth-order valence-corrected chi connectivity index (χ4v) is 1.90. The predicted molar refractivity (Wildman–Crippen MR) is 68.5 cm³/mol. The van der Waals surface area contributed by atoms with Crippen molar-refractivity contribution in [3.05, 3.63) is 51.8 Å². The molecule has 0 aliphatic carbocycles. The van der Waals surface area contributed by atoms with E-state index in [1.165, 1.54) is 6.07 Å². The highest BCUT2D eigenvalue weighted by molar-refractivity contribution is 5.66. The molecule has 3 heteroatoms. The van der Waals surface area contributed by atoms with E-state index in [4.69, 9.17) is 4.74 Å². The number of ether oxygens (including phenoxy) is 1. The first-order chi connectivity index (χ1) is 8.11. The molecule has 0 atom stereocenters. The highest BCUT2D eigenvalue weighted by atomic mass is 16.5. The van der Waals surface area contributed by atoms with Crippen molar-refractivity contribution in [3.63, 3.8) is 0 Å². The lowest BCUT2D eigenvalue weighted by atomic mass is 10.0. The van der Waals surface area contributed by atoms with E-state index in [2.05, 4.69) is 4.98 Å². The SMILES string of the molecule is COc1cc(C)c(-c2cc(=O)cc[nH]2)cc1C. The number of benzene rings is 1. The summed E-state index contributed by atoms with van der Waals surface area (Å²) in [6, 6.07) is 7.12. The number of nitrogens with one attached hydrogen (secondary N) is 1. The summed E-state index contributed by atoms with van der Waals surface area (Å²) in [5.74, 6) is 0.865. The van der Waals surface area contributed by atoms with Crippen LogP contribution in [0.25, 0.3) is 11.3 Å². The zero-order chi connectivity index (χ0) is 12.4. The summed E-state index contributed by atoms with van der Waals surface area (Å²) >= 11 is 0. The van der Waals surface area contributed by atoms with Gasteiger partial charge >= 0.3 is 0 Å². The van der Waals surface area contributed by atoms with Crippen molar-refractivity contribution in [2.75, 3.05) is 7.11 Å². The lowest BCUT2D eigenvalue weighted by Crippen LogP contribution is -1.99. The maximum atomic E-state index is 11.3. The summed E-state index contributed by atoms with van der Waals surface area (Å²) in [6.45, 7) is 3.99. The Kier molecular flexibility index (Phi) is 3.00. The number of pyridine rings is 1. The Hall–Kier alpha value is -2.03. The Labute approximate surface area is 100 Å². The van der Waals surface area contributed by atoms with Gasteiger partial charge in [0.1, 0.15) is 5.75 Å². The molecule has 0 fully saturated rings. The van der Waals surface area contributed by atoms with E-state index < -0.39 is 0 Å². The molecule has 3 nitrogen and oxygen atoms in total. The van der Waals surface area contributed by atoms with Crippen LogP contribution in [-0.4, -0.2) is 12.1 Å². The van der Waals surface area contributed by atoms with Gasteiger partial charge in [0.15, 0.2) is 5.43 Å². The van der Waals surface area contributed by atoms with Gasteiger partial charge in [-0.05, 0) is 37.1 Å². The molecular formula is C14H15NO2. The van der Waals surface area contributed by atoms with E-state index >= 15 is 0 Å². The largest absolute Gasteiger partial charge is 0.496 e. The molecule has 0 unspecified atom stereocenters. The van der Waals surface area contributed by atoms with Gasteiger partial charge in [-0.25, -0.2) is 0 Å². The quantitative estimate of drug-likeness (QED) is 0.860. The van der Waals surface area contributed by atoms with E-state index in [0.29, 0.717) is 0 Å². The van der Waals surface area contributed by atoms with Crippen molar-refractivity contribution in [1.29, 1.82) is 0 Å². The summed E-state index contributed by atoms with van der Waals surface area (Å²) in [7, 11) is 1.66. The maximum absolute atomic E-state index is 11.3. The number of aryl methyl sites for hydroxylation is 2. The Morgan fingerprint density at radius 3 is 2.53 bits per heavy atom. The molecule has 1 aromatic carbocycles. The fourth-order valence-electron chi connectivity index (χ4n) is 1.90. The molecule has 1 N–H and O–H groups in total. The van der Waals surface area contributed by atoms with E-state index in [1.54, 1.807) is 19.4 Å². The van der Waals surface area contributed by atoms with Crippen molar-refractivity contribution in [3.8, 4) is 17.0 Å². The van der Waals surface area contributed by atoms with Gasteiger partial charge in [-0.1, -0.05) is 0 Å². The van der Waals surface area contributed by atoms with Gasteiger partial charge < -0.3 is 9.72 Å². The number of methoxy groups -OCH3 is 1. The standard InChI is InChI=1S/C14H15NO2/c1-9-7-14(17-3)10(2)6-12(9)13-8-11(16)4-5-15-13/h4-8H,1-3H3,(H,15,16). The number of aromatic amines is 1. The summed E-state index contributed by atoms with van der Waals surface area (Å²) in [6.07, 6.45) is 1.66. The Balaban J connectivity index is 2.60. The van der Waals surface area contributed by atoms with Gasteiger partial charge in [-0.15, -0.1) is 0 Å². The molecule has 1 aromatic heterocycles. The second kappa shape index (κ2) is 4.45. The fraction of sp³-hybridized carbons (Fsp3) is 0.214. The van der Waals surface area contributed by atoms with E-state index in [0.717, 1.165) is 28.1 Å². The average molecular weight is 229 g/mol. The molecule has 0 bridgehead atoms. The zero-order valence-corrected chi connectivity index (χ0v) is 10.2. The van der Waals surface area contributed by atoms with Gasteiger partial charge in [0.25, 0.3) is 0 Å². The topological polar surface area (TPSA) is 42.1 Å². The van der Waals surface area contributed by atoms with Crippen LogP contribution in [0.5, 0.6) is 5.75 Å². The molecular weight excluding hydrogens is 214 g/mol. The van der Waals surface area contributed by atoms with Crippen LogP contribution in [0.15, 0.2) is 35.3 Å². The van der Waals surface area contributed by atoms with E-state index in [1.807, 2.05) is 26.0 Å². The minimum atomic E-state index is 0.00613. The molecule has 0 aliphatic heterocycles. The van der Waals surface area contributed by atoms with Gasteiger partial charge in [0.2, 0.25) is 0 Å². The molecule has 0 saturated carbocycles. The number of hydrogen-bond donors (Lipinski definition) is 1. The molecule has 0 aliphatic rings. The van der Waals surface area contributed by atoms with Crippen molar-refractivity contribution >= 4 is 0 Å². The Bertz CT molecular complexity index is 599. The highest BCUT2D eigenvalue weighted by Crippen LogP contribution is 2.28. The third-order valence-electron chi connectivity index (χ3n) is 2.81. The van der Waals surface area contributed by atoms with Crippen molar-refractivity contribution in [2.45, 2.75) is 13.8 Å². The van der Waals surface area contributed by atoms with E-state index in [9.17, 15) is 4.79 Å². The van der Waals surface area contributed by atoms with Crippen LogP contribution in [0, 0.1) is 13.8 Å².